The Bertz CT molecular complexity index is 366. The highest BCUT2D eigenvalue weighted by Gasteiger charge is 2.46. The lowest BCUT2D eigenvalue weighted by molar-refractivity contribution is -0.150. The molecule has 21 heavy (non-hydrogen) atoms. The van der Waals surface area contributed by atoms with Crippen LogP contribution in [0.1, 0.15) is 71.6 Å². The van der Waals surface area contributed by atoms with Crippen molar-refractivity contribution >= 4 is 11.8 Å². The topological polar surface area (TPSA) is 49.4 Å². The van der Waals surface area contributed by atoms with E-state index in [0.717, 1.165) is 25.8 Å². The van der Waals surface area contributed by atoms with E-state index in [9.17, 15) is 9.59 Å². The van der Waals surface area contributed by atoms with E-state index in [4.69, 9.17) is 0 Å². The van der Waals surface area contributed by atoms with Crippen LogP contribution in [-0.4, -0.2) is 35.3 Å². The maximum Gasteiger partial charge on any atom is 0.245 e. The number of nitrogens with one attached hydrogen (secondary N) is 1. The second kappa shape index (κ2) is 7.81. The third-order valence-electron chi connectivity index (χ3n) is 4.73. The fourth-order valence-corrected chi connectivity index (χ4v) is 3.27. The second-order valence-electron chi connectivity index (χ2n) is 6.55. The maximum absolute atomic E-state index is 12.5. The number of carbonyl (C=O) groups is 2. The molecule has 1 heterocycles. The molecular weight excluding hydrogens is 264 g/mol. The van der Waals surface area contributed by atoms with E-state index in [2.05, 4.69) is 12.2 Å². The summed E-state index contributed by atoms with van der Waals surface area (Å²) in [6, 6.07) is -0.483. The van der Waals surface area contributed by atoms with Gasteiger partial charge in [0, 0.05) is 6.54 Å². The molecular formula is C17H30N2O2. The summed E-state index contributed by atoms with van der Waals surface area (Å²) >= 11 is 0. The fraction of sp³-hybridized carbons (Fsp3) is 0.882. The van der Waals surface area contributed by atoms with Gasteiger partial charge in [-0.05, 0) is 31.6 Å². The monoisotopic (exact) mass is 294 g/mol. The Balaban J connectivity index is 1.85. The third kappa shape index (κ3) is 4.21. The van der Waals surface area contributed by atoms with Crippen molar-refractivity contribution in [2.45, 2.75) is 83.7 Å². The van der Waals surface area contributed by atoms with Gasteiger partial charge in [0.2, 0.25) is 11.8 Å². The lowest BCUT2D eigenvalue weighted by Crippen LogP contribution is -2.64. The first kappa shape index (κ1) is 16.3. The number of amides is 2. The first-order chi connectivity index (χ1) is 10.2. The SMILES string of the molecule is CCCCCCCCN1C(=O)C(CC)NC(=O)C1C1CC1. The highest BCUT2D eigenvalue weighted by Crippen LogP contribution is 2.37. The van der Waals surface area contributed by atoms with E-state index < -0.39 is 0 Å². The smallest absolute Gasteiger partial charge is 0.245 e. The lowest BCUT2D eigenvalue weighted by Gasteiger charge is -2.39. The number of hydrogen-bond donors (Lipinski definition) is 1. The van der Waals surface area contributed by atoms with Crippen LogP contribution in [-0.2, 0) is 9.59 Å². The van der Waals surface area contributed by atoms with Gasteiger partial charge in [0.05, 0.1) is 0 Å². The van der Waals surface area contributed by atoms with Gasteiger partial charge in [-0.3, -0.25) is 9.59 Å². The quantitative estimate of drug-likeness (QED) is 0.665. The van der Waals surface area contributed by atoms with E-state index in [1.54, 1.807) is 0 Å². The second-order valence-corrected chi connectivity index (χ2v) is 6.55. The first-order valence-corrected chi connectivity index (χ1v) is 8.79. The highest BCUT2D eigenvalue weighted by atomic mass is 16.2. The maximum atomic E-state index is 12.5. The van der Waals surface area contributed by atoms with E-state index >= 15 is 0 Å². The molecule has 1 N–H and O–H groups in total. The van der Waals surface area contributed by atoms with Crippen LogP contribution in [0.25, 0.3) is 0 Å². The molecule has 2 fully saturated rings. The van der Waals surface area contributed by atoms with Crippen molar-refractivity contribution in [1.29, 1.82) is 0 Å². The Kier molecular flexibility index (Phi) is 6.07. The normalized spacial score (nSPS) is 26.1. The first-order valence-electron chi connectivity index (χ1n) is 8.79. The molecule has 1 saturated heterocycles. The standard InChI is InChI=1S/C17H30N2O2/c1-3-5-6-7-8-9-12-19-15(13-10-11-13)16(20)18-14(4-2)17(19)21/h13-15H,3-12H2,1-2H3,(H,18,20). The summed E-state index contributed by atoms with van der Waals surface area (Å²) in [7, 11) is 0. The van der Waals surface area contributed by atoms with Gasteiger partial charge in [-0.25, -0.2) is 0 Å². The minimum Gasteiger partial charge on any atom is -0.343 e. The summed E-state index contributed by atoms with van der Waals surface area (Å²) < 4.78 is 0. The molecule has 2 unspecified atom stereocenters. The molecule has 4 nitrogen and oxygen atoms in total. The van der Waals surface area contributed by atoms with Crippen LogP contribution in [0.3, 0.4) is 0 Å². The van der Waals surface area contributed by atoms with Crippen molar-refractivity contribution in [1.82, 2.24) is 10.2 Å². The molecule has 2 aliphatic rings. The van der Waals surface area contributed by atoms with Crippen molar-refractivity contribution < 1.29 is 9.59 Å². The summed E-state index contributed by atoms with van der Waals surface area (Å²) in [6.45, 7) is 4.94. The van der Waals surface area contributed by atoms with Gasteiger partial charge < -0.3 is 10.2 Å². The zero-order valence-electron chi connectivity index (χ0n) is 13.6. The summed E-state index contributed by atoms with van der Waals surface area (Å²) in [6.07, 6.45) is 10.2. The average Bonchev–Trinajstić information content (AvgIpc) is 3.30. The van der Waals surface area contributed by atoms with Gasteiger partial charge in [0.15, 0.2) is 0 Å². The number of rotatable bonds is 9. The zero-order valence-corrected chi connectivity index (χ0v) is 13.6. The fourth-order valence-electron chi connectivity index (χ4n) is 3.27. The van der Waals surface area contributed by atoms with E-state index in [1.807, 2.05) is 11.8 Å². The van der Waals surface area contributed by atoms with Crippen molar-refractivity contribution in [3.05, 3.63) is 0 Å². The van der Waals surface area contributed by atoms with Crippen LogP contribution >= 0.6 is 0 Å². The largest absolute Gasteiger partial charge is 0.343 e. The molecule has 0 radical (unpaired) electrons. The number of nitrogens with zero attached hydrogens (tertiary/aromatic N) is 1. The van der Waals surface area contributed by atoms with Crippen LogP contribution in [0.2, 0.25) is 0 Å². The Hall–Kier alpha value is -1.06. The molecule has 2 amide bonds. The molecule has 0 aromatic carbocycles. The molecule has 0 aromatic rings. The summed E-state index contributed by atoms with van der Waals surface area (Å²) in [5.41, 5.74) is 0. The molecule has 1 saturated carbocycles. The predicted octanol–water partition coefficient (Wildman–Crippen LogP) is 2.86. The van der Waals surface area contributed by atoms with Gasteiger partial charge in [-0.1, -0.05) is 46.0 Å². The lowest BCUT2D eigenvalue weighted by atomic mass is 10.0. The van der Waals surface area contributed by atoms with Crippen molar-refractivity contribution in [2.24, 2.45) is 5.92 Å². The molecule has 4 heteroatoms. The Labute approximate surface area is 128 Å². The Morgan fingerprint density at radius 1 is 1.05 bits per heavy atom. The number of unbranched alkanes of at least 4 members (excludes halogenated alkanes) is 5. The third-order valence-corrected chi connectivity index (χ3v) is 4.73. The van der Waals surface area contributed by atoms with Crippen LogP contribution in [0.5, 0.6) is 0 Å². The Morgan fingerprint density at radius 3 is 2.33 bits per heavy atom. The van der Waals surface area contributed by atoms with Crippen LogP contribution in [0.4, 0.5) is 0 Å². The molecule has 1 aliphatic carbocycles. The summed E-state index contributed by atoms with van der Waals surface area (Å²) in [4.78, 5) is 26.7. The van der Waals surface area contributed by atoms with Crippen LogP contribution in [0.15, 0.2) is 0 Å². The minimum absolute atomic E-state index is 0.0786. The zero-order chi connectivity index (χ0) is 15.2. The number of hydrogen-bond acceptors (Lipinski definition) is 2. The molecule has 120 valence electrons. The van der Waals surface area contributed by atoms with Gasteiger partial charge in [0.1, 0.15) is 12.1 Å². The average molecular weight is 294 g/mol. The van der Waals surface area contributed by atoms with Crippen molar-refractivity contribution in [2.75, 3.05) is 6.54 Å². The van der Waals surface area contributed by atoms with Gasteiger partial charge >= 0.3 is 0 Å². The summed E-state index contributed by atoms with van der Waals surface area (Å²) in [5, 5.41) is 2.91. The molecule has 0 aromatic heterocycles. The molecule has 1 aliphatic heterocycles. The predicted molar refractivity (Wildman–Crippen MR) is 83.8 cm³/mol. The number of piperazine rings is 1. The van der Waals surface area contributed by atoms with Crippen molar-refractivity contribution in [3.63, 3.8) is 0 Å². The van der Waals surface area contributed by atoms with Crippen molar-refractivity contribution in [3.8, 4) is 0 Å². The minimum atomic E-state index is -0.299. The molecule has 2 rings (SSSR count). The van der Waals surface area contributed by atoms with E-state index in [0.29, 0.717) is 12.3 Å². The number of carbonyl (C=O) groups excluding carboxylic acids is 2. The van der Waals surface area contributed by atoms with Gasteiger partial charge in [-0.15, -0.1) is 0 Å². The van der Waals surface area contributed by atoms with Gasteiger partial charge in [0.25, 0.3) is 0 Å². The van der Waals surface area contributed by atoms with Crippen LogP contribution in [0, 0.1) is 5.92 Å². The van der Waals surface area contributed by atoms with E-state index in [-0.39, 0.29) is 23.9 Å². The highest BCUT2D eigenvalue weighted by molar-refractivity contribution is 5.97. The molecule has 2 atom stereocenters. The van der Waals surface area contributed by atoms with E-state index in [1.165, 1.54) is 32.1 Å². The molecule has 0 bridgehead atoms. The summed E-state index contributed by atoms with van der Waals surface area (Å²) in [5.74, 6) is 0.629. The molecule has 0 spiro atoms. The Morgan fingerprint density at radius 2 is 1.71 bits per heavy atom. The van der Waals surface area contributed by atoms with Gasteiger partial charge in [-0.2, -0.15) is 0 Å². The van der Waals surface area contributed by atoms with Crippen LogP contribution < -0.4 is 5.32 Å².